The number of sulfonamides is 1. The van der Waals surface area contributed by atoms with Crippen LogP contribution in [0.1, 0.15) is 26.8 Å². The molecule has 0 saturated carbocycles. The summed E-state index contributed by atoms with van der Waals surface area (Å²) in [6.45, 7) is 0. The molecule has 0 aliphatic rings. The van der Waals surface area contributed by atoms with Gasteiger partial charge in [-0.25, -0.2) is 17.2 Å². The number of thiophene rings is 1. The number of hydrogen-bond donors (Lipinski definition) is 2. The number of carbonyl (C=O) groups excluding carboxylic acids is 1. The van der Waals surface area contributed by atoms with Gasteiger partial charge in [-0.15, -0.1) is 11.3 Å². The van der Waals surface area contributed by atoms with E-state index in [0.717, 1.165) is 22.6 Å². The molecule has 2 N–H and O–H groups in total. The van der Waals surface area contributed by atoms with Crippen LogP contribution in [-0.4, -0.2) is 14.3 Å². The van der Waals surface area contributed by atoms with Crippen molar-refractivity contribution in [2.75, 3.05) is 4.72 Å². The third kappa shape index (κ3) is 5.44. The fourth-order valence-corrected chi connectivity index (χ4v) is 5.02. The zero-order valence-corrected chi connectivity index (χ0v) is 18.7. The first-order valence-corrected chi connectivity index (χ1v) is 12.2. The molecule has 0 bridgehead atoms. The summed E-state index contributed by atoms with van der Waals surface area (Å²) >= 11 is 1.47. The SMILES string of the molecule is O=C(NC(c1ccc(F)cc1)c1cccs1)c1ccc(NS(=O)(=O)c2ccc(F)cc2)cc1. The second-order valence-corrected chi connectivity index (χ2v) is 9.77. The Morgan fingerprint density at radius 2 is 1.42 bits per heavy atom. The van der Waals surface area contributed by atoms with Crippen LogP contribution in [0.2, 0.25) is 0 Å². The molecule has 9 heteroatoms. The molecular weight excluding hydrogens is 466 g/mol. The average molecular weight is 485 g/mol. The quantitative estimate of drug-likeness (QED) is 0.372. The number of rotatable bonds is 7. The molecule has 33 heavy (non-hydrogen) atoms. The lowest BCUT2D eigenvalue weighted by Crippen LogP contribution is -2.28. The molecule has 4 aromatic rings. The molecule has 3 aromatic carbocycles. The molecule has 1 heterocycles. The first-order chi connectivity index (χ1) is 15.8. The van der Waals surface area contributed by atoms with Crippen molar-refractivity contribution in [2.24, 2.45) is 0 Å². The molecule has 1 unspecified atom stereocenters. The van der Waals surface area contributed by atoms with E-state index in [0.29, 0.717) is 5.56 Å². The Labute approximate surface area is 193 Å². The standard InChI is InChI=1S/C24H18F2N2O3S2/c25-18-7-3-16(4-8-18)23(22-2-1-15-32-22)27-24(29)17-5-11-20(12-6-17)28-33(30,31)21-13-9-19(26)10-14-21/h1-15,23,28H,(H,27,29). The van der Waals surface area contributed by atoms with E-state index in [4.69, 9.17) is 0 Å². The van der Waals surface area contributed by atoms with Gasteiger partial charge in [-0.3, -0.25) is 9.52 Å². The van der Waals surface area contributed by atoms with Gasteiger partial charge >= 0.3 is 0 Å². The van der Waals surface area contributed by atoms with E-state index in [2.05, 4.69) is 10.0 Å². The number of nitrogens with one attached hydrogen (secondary N) is 2. The smallest absolute Gasteiger partial charge is 0.261 e. The van der Waals surface area contributed by atoms with E-state index < -0.39 is 21.9 Å². The summed E-state index contributed by atoms with van der Waals surface area (Å²) in [4.78, 5) is 13.7. The van der Waals surface area contributed by atoms with E-state index in [1.807, 2.05) is 17.5 Å². The normalized spacial score (nSPS) is 12.2. The lowest BCUT2D eigenvalue weighted by atomic mass is 10.0. The van der Waals surface area contributed by atoms with Crippen molar-refractivity contribution in [3.63, 3.8) is 0 Å². The summed E-state index contributed by atoms with van der Waals surface area (Å²) in [6, 6.07) is 19.6. The van der Waals surface area contributed by atoms with Gasteiger partial charge in [-0.05, 0) is 77.7 Å². The predicted octanol–water partition coefficient (Wildman–Crippen LogP) is 5.35. The van der Waals surface area contributed by atoms with Crippen molar-refractivity contribution < 1.29 is 22.0 Å². The molecule has 1 aromatic heterocycles. The Kier molecular flexibility index (Phi) is 6.52. The molecular formula is C24H18F2N2O3S2. The molecule has 0 saturated heterocycles. The van der Waals surface area contributed by atoms with Crippen LogP contribution < -0.4 is 10.0 Å². The molecule has 0 radical (unpaired) electrons. The molecule has 0 aliphatic heterocycles. The van der Waals surface area contributed by atoms with Crippen molar-refractivity contribution in [1.29, 1.82) is 0 Å². The maximum atomic E-state index is 13.4. The van der Waals surface area contributed by atoms with Crippen molar-refractivity contribution in [3.05, 3.63) is 118 Å². The third-order valence-electron chi connectivity index (χ3n) is 4.83. The molecule has 1 atom stereocenters. The maximum absolute atomic E-state index is 13.4. The monoisotopic (exact) mass is 484 g/mol. The lowest BCUT2D eigenvalue weighted by molar-refractivity contribution is 0.0943. The maximum Gasteiger partial charge on any atom is 0.261 e. The van der Waals surface area contributed by atoms with Crippen LogP contribution in [-0.2, 0) is 10.0 Å². The van der Waals surface area contributed by atoms with E-state index in [1.165, 1.54) is 59.9 Å². The Bertz CT molecular complexity index is 1340. The minimum absolute atomic E-state index is 0.0798. The number of anilines is 1. The van der Waals surface area contributed by atoms with Gasteiger partial charge in [0.05, 0.1) is 10.9 Å². The summed E-state index contributed by atoms with van der Waals surface area (Å²) in [5.74, 6) is -1.27. The number of carbonyl (C=O) groups is 1. The van der Waals surface area contributed by atoms with Gasteiger partial charge in [0, 0.05) is 16.1 Å². The van der Waals surface area contributed by atoms with Crippen LogP contribution in [0.3, 0.4) is 0 Å². The molecule has 0 spiro atoms. The highest BCUT2D eigenvalue weighted by atomic mass is 32.2. The van der Waals surface area contributed by atoms with Crippen LogP contribution >= 0.6 is 11.3 Å². The Balaban J connectivity index is 1.50. The topological polar surface area (TPSA) is 75.3 Å². The first kappa shape index (κ1) is 22.6. The fraction of sp³-hybridized carbons (Fsp3) is 0.0417. The molecule has 168 valence electrons. The summed E-state index contributed by atoms with van der Waals surface area (Å²) in [7, 11) is -3.90. The van der Waals surface area contributed by atoms with E-state index >= 15 is 0 Å². The average Bonchev–Trinajstić information content (AvgIpc) is 3.33. The molecule has 0 aliphatic carbocycles. The predicted molar refractivity (Wildman–Crippen MR) is 124 cm³/mol. The van der Waals surface area contributed by atoms with Gasteiger partial charge in [0.15, 0.2) is 0 Å². The molecule has 0 fully saturated rings. The second-order valence-electron chi connectivity index (χ2n) is 7.11. The highest BCUT2D eigenvalue weighted by Crippen LogP contribution is 2.27. The van der Waals surface area contributed by atoms with E-state index in [9.17, 15) is 22.0 Å². The van der Waals surface area contributed by atoms with Crippen LogP contribution in [0, 0.1) is 11.6 Å². The van der Waals surface area contributed by atoms with Crippen molar-refractivity contribution >= 4 is 33.0 Å². The van der Waals surface area contributed by atoms with Crippen molar-refractivity contribution in [3.8, 4) is 0 Å². The van der Waals surface area contributed by atoms with Crippen LogP contribution in [0.25, 0.3) is 0 Å². The van der Waals surface area contributed by atoms with Gasteiger partial charge in [0.2, 0.25) is 0 Å². The number of halogens is 2. The number of benzene rings is 3. The van der Waals surface area contributed by atoms with Gasteiger partial charge in [-0.1, -0.05) is 18.2 Å². The van der Waals surface area contributed by atoms with Gasteiger partial charge in [-0.2, -0.15) is 0 Å². The molecule has 1 amide bonds. The Morgan fingerprint density at radius 1 is 0.818 bits per heavy atom. The van der Waals surface area contributed by atoms with Crippen LogP contribution in [0.5, 0.6) is 0 Å². The minimum Gasteiger partial charge on any atom is -0.340 e. The summed E-state index contributed by atoms with van der Waals surface area (Å²) in [5, 5.41) is 4.83. The molecule has 4 rings (SSSR count). The van der Waals surface area contributed by atoms with Gasteiger partial charge in [0.25, 0.3) is 15.9 Å². The largest absolute Gasteiger partial charge is 0.340 e. The van der Waals surface area contributed by atoms with Crippen LogP contribution in [0.4, 0.5) is 14.5 Å². The Hall–Kier alpha value is -3.56. The highest BCUT2D eigenvalue weighted by Gasteiger charge is 2.19. The lowest BCUT2D eigenvalue weighted by Gasteiger charge is -2.18. The number of hydrogen-bond acceptors (Lipinski definition) is 4. The molecule has 5 nitrogen and oxygen atoms in total. The first-order valence-electron chi connectivity index (χ1n) is 9.80. The summed E-state index contributed by atoms with van der Waals surface area (Å²) in [6.07, 6.45) is 0. The van der Waals surface area contributed by atoms with Gasteiger partial charge in [0.1, 0.15) is 11.6 Å². The fourth-order valence-electron chi connectivity index (χ4n) is 3.16. The minimum atomic E-state index is -3.90. The highest BCUT2D eigenvalue weighted by molar-refractivity contribution is 7.92. The number of amides is 1. The van der Waals surface area contributed by atoms with E-state index in [1.54, 1.807) is 12.1 Å². The zero-order valence-electron chi connectivity index (χ0n) is 17.0. The zero-order chi connectivity index (χ0) is 23.4. The summed E-state index contributed by atoms with van der Waals surface area (Å²) < 4.78 is 53.7. The van der Waals surface area contributed by atoms with Gasteiger partial charge < -0.3 is 5.32 Å². The van der Waals surface area contributed by atoms with Crippen molar-refractivity contribution in [1.82, 2.24) is 5.32 Å². The second kappa shape index (κ2) is 9.51. The Morgan fingerprint density at radius 3 is 2.00 bits per heavy atom. The van der Waals surface area contributed by atoms with Crippen molar-refractivity contribution in [2.45, 2.75) is 10.9 Å². The summed E-state index contributed by atoms with van der Waals surface area (Å²) in [5.41, 5.74) is 1.31. The third-order valence-corrected chi connectivity index (χ3v) is 7.16. The van der Waals surface area contributed by atoms with Crippen LogP contribution in [0.15, 0.2) is 95.2 Å². The van der Waals surface area contributed by atoms with E-state index in [-0.39, 0.29) is 22.3 Å².